The largest absolute Gasteiger partial charge is 0.507 e. The molecule has 0 saturated heterocycles. The predicted octanol–water partition coefficient (Wildman–Crippen LogP) is 6.98. The fourth-order valence-electron chi connectivity index (χ4n) is 5.14. The van der Waals surface area contributed by atoms with Crippen LogP contribution in [0.5, 0.6) is 11.5 Å². The van der Waals surface area contributed by atoms with Crippen molar-refractivity contribution in [1.29, 1.82) is 0 Å². The normalized spacial score (nSPS) is 15.5. The minimum atomic E-state index is -1.21. The van der Waals surface area contributed by atoms with Gasteiger partial charge in [-0.15, -0.1) is 0 Å². The first kappa shape index (κ1) is 28.0. The number of hydrogen-bond donors (Lipinski definition) is 2. The van der Waals surface area contributed by atoms with Crippen LogP contribution in [0.4, 0.5) is 5.69 Å². The summed E-state index contributed by atoms with van der Waals surface area (Å²) in [5.41, 5.74) is 5.09. The second-order valence-corrected chi connectivity index (χ2v) is 11.8. The van der Waals surface area contributed by atoms with Gasteiger partial charge in [-0.1, -0.05) is 52.0 Å². The van der Waals surface area contributed by atoms with Crippen molar-refractivity contribution in [2.24, 2.45) is 0 Å². The summed E-state index contributed by atoms with van der Waals surface area (Å²) in [4.78, 5) is 26.6. The monoisotopic (exact) mass is 527 g/mol. The van der Waals surface area contributed by atoms with Crippen molar-refractivity contribution >= 4 is 23.5 Å². The van der Waals surface area contributed by atoms with Crippen LogP contribution in [0.25, 0.3) is 6.08 Å². The zero-order valence-electron chi connectivity index (χ0n) is 23.5. The number of anilines is 1. The molecule has 0 saturated carbocycles. The van der Waals surface area contributed by atoms with Crippen LogP contribution < -0.4 is 9.64 Å². The highest BCUT2D eigenvalue weighted by molar-refractivity contribution is 6.07. The molecule has 39 heavy (non-hydrogen) atoms. The Morgan fingerprint density at radius 1 is 0.949 bits per heavy atom. The van der Waals surface area contributed by atoms with Gasteiger partial charge in [-0.05, 0) is 82.8 Å². The number of fused-ring (bicyclic) bond motifs is 1. The quantitative estimate of drug-likeness (QED) is 0.243. The van der Waals surface area contributed by atoms with Crippen molar-refractivity contribution in [3.63, 3.8) is 0 Å². The van der Waals surface area contributed by atoms with Gasteiger partial charge in [0.15, 0.2) is 5.78 Å². The molecule has 4 rings (SSSR count). The Labute approximate surface area is 230 Å². The number of carboxylic acids is 1. The summed E-state index contributed by atoms with van der Waals surface area (Å²) in [5, 5.41) is 19.1. The van der Waals surface area contributed by atoms with Gasteiger partial charge >= 0.3 is 5.97 Å². The van der Waals surface area contributed by atoms with Gasteiger partial charge < -0.3 is 19.8 Å². The number of benzene rings is 3. The molecule has 204 valence electrons. The molecule has 1 aliphatic rings. The van der Waals surface area contributed by atoms with Crippen LogP contribution in [-0.2, 0) is 17.4 Å². The lowest BCUT2D eigenvalue weighted by molar-refractivity contribution is 0.0693. The fourth-order valence-corrected chi connectivity index (χ4v) is 5.14. The lowest BCUT2D eigenvalue weighted by Gasteiger charge is -2.42. The first-order valence-corrected chi connectivity index (χ1v) is 13.2. The zero-order valence-corrected chi connectivity index (χ0v) is 23.5. The molecule has 3 aromatic rings. The van der Waals surface area contributed by atoms with Crippen LogP contribution in [0, 0.1) is 0 Å². The van der Waals surface area contributed by atoms with Crippen molar-refractivity contribution in [3.05, 3.63) is 94.1 Å². The maximum atomic E-state index is 13.4. The molecule has 0 atom stereocenters. The molecule has 0 aromatic heterocycles. The average molecular weight is 528 g/mol. The third-order valence-electron chi connectivity index (χ3n) is 7.69. The Morgan fingerprint density at radius 2 is 1.62 bits per heavy atom. The van der Waals surface area contributed by atoms with Gasteiger partial charge in [0.05, 0.1) is 0 Å². The molecular formula is C33H37NO5. The highest BCUT2D eigenvalue weighted by atomic mass is 16.5. The summed E-state index contributed by atoms with van der Waals surface area (Å²) in [7, 11) is 4.01. The van der Waals surface area contributed by atoms with Crippen molar-refractivity contribution < 1.29 is 24.5 Å². The van der Waals surface area contributed by atoms with Crippen molar-refractivity contribution in [3.8, 4) is 11.5 Å². The fraction of sp³-hybridized carbons (Fsp3) is 0.333. The van der Waals surface area contributed by atoms with Gasteiger partial charge in [0.1, 0.15) is 23.7 Å². The van der Waals surface area contributed by atoms with Crippen LogP contribution in [0.15, 0.2) is 60.7 Å². The van der Waals surface area contributed by atoms with Crippen molar-refractivity contribution in [2.75, 3.05) is 19.0 Å². The highest BCUT2D eigenvalue weighted by Crippen LogP contribution is 2.50. The lowest BCUT2D eigenvalue weighted by Crippen LogP contribution is -2.34. The number of phenols is 1. The molecule has 0 unspecified atom stereocenters. The van der Waals surface area contributed by atoms with E-state index in [0.717, 1.165) is 41.0 Å². The van der Waals surface area contributed by atoms with E-state index in [9.17, 15) is 14.7 Å². The topological polar surface area (TPSA) is 87.1 Å². The van der Waals surface area contributed by atoms with Crippen LogP contribution in [0.3, 0.4) is 0 Å². The Kier molecular flexibility index (Phi) is 7.60. The number of ether oxygens (including phenoxy) is 1. The summed E-state index contributed by atoms with van der Waals surface area (Å²) in [6.45, 7) is 9.27. The Balaban J connectivity index is 1.69. The van der Waals surface area contributed by atoms with E-state index in [4.69, 9.17) is 9.84 Å². The van der Waals surface area contributed by atoms with Gasteiger partial charge in [-0.2, -0.15) is 0 Å². The number of aromatic hydroxyl groups is 1. The molecule has 0 fully saturated rings. The zero-order chi connectivity index (χ0) is 28.5. The molecule has 6 heteroatoms. The Bertz CT molecular complexity index is 1430. The van der Waals surface area contributed by atoms with E-state index < -0.39 is 5.97 Å². The highest BCUT2D eigenvalue weighted by Gasteiger charge is 2.40. The maximum Gasteiger partial charge on any atom is 0.339 e. The standard InChI is InChI=1S/C33H37NO5/c1-32(2)15-16-33(3,4)30-26(32)18-23(19-29(30)39-20-22-7-11-24(12-8-22)34(5)6)27(35)14-10-21-9-13-25(31(37)38)28(36)17-21/h7-14,17-19,36H,15-16,20H2,1-6H3,(H,37,38)/b14-10+. The second-order valence-electron chi connectivity index (χ2n) is 11.8. The minimum Gasteiger partial charge on any atom is -0.507 e. The molecule has 0 bridgehead atoms. The molecule has 0 spiro atoms. The molecule has 6 nitrogen and oxygen atoms in total. The maximum absolute atomic E-state index is 13.4. The Morgan fingerprint density at radius 3 is 2.23 bits per heavy atom. The smallest absolute Gasteiger partial charge is 0.339 e. The lowest BCUT2D eigenvalue weighted by atomic mass is 9.62. The van der Waals surface area contributed by atoms with Gasteiger partial charge in [0.2, 0.25) is 0 Å². The third-order valence-corrected chi connectivity index (χ3v) is 7.69. The number of allylic oxidation sites excluding steroid dienone is 1. The Hall–Kier alpha value is -4.06. The number of carbonyl (C=O) groups is 2. The van der Waals surface area contributed by atoms with Crippen molar-refractivity contribution in [1.82, 2.24) is 0 Å². The number of carboxylic acid groups (broad SMARTS) is 1. The van der Waals surface area contributed by atoms with Crippen LogP contribution in [-0.4, -0.2) is 36.1 Å². The molecule has 0 aliphatic heterocycles. The number of carbonyl (C=O) groups excluding carboxylic acids is 1. The molecule has 0 amide bonds. The number of hydrogen-bond acceptors (Lipinski definition) is 5. The van der Waals surface area contributed by atoms with Gasteiger partial charge in [0, 0.05) is 30.9 Å². The molecule has 1 aliphatic carbocycles. The predicted molar refractivity (Wildman–Crippen MR) is 155 cm³/mol. The number of ketones is 1. The molecule has 2 N–H and O–H groups in total. The van der Waals surface area contributed by atoms with Crippen LogP contribution >= 0.6 is 0 Å². The van der Waals surface area contributed by atoms with E-state index in [1.807, 2.05) is 26.2 Å². The average Bonchev–Trinajstić information content (AvgIpc) is 2.88. The van der Waals surface area contributed by atoms with E-state index >= 15 is 0 Å². The van der Waals surface area contributed by atoms with Crippen LogP contribution in [0.1, 0.15) is 83.5 Å². The number of rotatable bonds is 8. The number of aromatic carboxylic acids is 1. The van der Waals surface area contributed by atoms with Gasteiger partial charge in [-0.3, -0.25) is 4.79 Å². The first-order chi connectivity index (χ1) is 18.3. The summed E-state index contributed by atoms with van der Waals surface area (Å²) in [6.07, 6.45) is 5.04. The number of nitrogens with zero attached hydrogens (tertiary/aromatic N) is 1. The summed E-state index contributed by atoms with van der Waals surface area (Å²) in [6, 6.07) is 16.3. The van der Waals surface area contributed by atoms with Gasteiger partial charge in [-0.25, -0.2) is 4.79 Å². The summed E-state index contributed by atoms with van der Waals surface area (Å²) < 4.78 is 6.45. The van der Waals surface area contributed by atoms with E-state index in [1.165, 1.54) is 18.2 Å². The van der Waals surface area contributed by atoms with Gasteiger partial charge in [0.25, 0.3) is 0 Å². The minimum absolute atomic E-state index is 0.101. The second kappa shape index (κ2) is 10.6. The third kappa shape index (κ3) is 6.00. The molecule has 0 heterocycles. The molecule has 0 radical (unpaired) electrons. The summed E-state index contributed by atoms with van der Waals surface area (Å²) in [5.74, 6) is -1.02. The molecule has 3 aromatic carbocycles. The van der Waals surface area contributed by atoms with Crippen molar-refractivity contribution in [2.45, 2.75) is 58.0 Å². The SMILES string of the molecule is CN(C)c1ccc(COc2cc(C(=O)/C=C/c3ccc(C(=O)O)c(O)c3)cc3c2C(C)(C)CCC3(C)C)cc1. The molecular weight excluding hydrogens is 490 g/mol. The van der Waals surface area contributed by atoms with E-state index in [-0.39, 0.29) is 27.9 Å². The van der Waals surface area contributed by atoms with E-state index in [0.29, 0.717) is 17.7 Å². The van der Waals surface area contributed by atoms with E-state index in [1.54, 1.807) is 12.1 Å². The first-order valence-electron chi connectivity index (χ1n) is 13.2. The van der Waals surface area contributed by atoms with Crippen LogP contribution in [0.2, 0.25) is 0 Å². The summed E-state index contributed by atoms with van der Waals surface area (Å²) >= 11 is 0. The van der Waals surface area contributed by atoms with E-state index in [2.05, 4.69) is 56.9 Å².